The Kier molecular flexibility index (Phi) is 3.68. The molecule has 2 N–H and O–H groups in total. The van der Waals surface area contributed by atoms with Crippen LogP contribution in [0.25, 0.3) is 0 Å². The molecule has 2 aliphatic heterocycles. The monoisotopic (exact) mass is 366 g/mol. The van der Waals surface area contributed by atoms with E-state index >= 15 is 0 Å². The van der Waals surface area contributed by atoms with Crippen LogP contribution in [-0.2, 0) is 15.8 Å². The molecule has 1 aromatic carbocycles. The van der Waals surface area contributed by atoms with E-state index in [1.165, 1.54) is 6.07 Å². The molecule has 0 radical (unpaired) electrons. The molecule has 4 nitrogen and oxygen atoms in total. The van der Waals surface area contributed by atoms with Gasteiger partial charge in [-0.05, 0) is 24.1 Å². The Labute approximate surface area is 145 Å². The van der Waals surface area contributed by atoms with Crippen LogP contribution in [0.2, 0.25) is 0 Å². The maximum atomic E-state index is 13.7. The van der Waals surface area contributed by atoms with Gasteiger partial charge in [0.25, 0.3) is 0 Å². The van der Waals surface area contributed by atoms with Crippen LogP contribution in [0.1, 0.15) is 36.3 Å². The highest BCUT2D eigenvalue weighted by Gasteiger charge is 2.43. The highest BCUT2D eigenvalue weighted by atomic mass is 19.4. The number of alkyl halides is 3. The van der Waals surface area contributed by atoms with Crippen LogP contribution in [0.3, 0.4) is 0 Å². The molecule has 1 unspecified atom stereocenters. The van der Waals surface area contributed by atoms with E-state index in [-0.39, 0.29) is 23.3 Å². The number of rotatable bonds is 1. The zero-order valence-corrected chi connectivity index (χ0v) is 13.5. The quantitative estimate of drug-likeness (QED) is 0.752. The average molecular weight is 366 g/mol. The van der Waals surface area contributed by atoms with Crippen LogP contribution >= 0.6 is 0 Å². The van der Waals surface area contributed by atoms with Gasteiger partial charge in [-0.2, -0.15) is 13.2 Å². The number of halogens is 4. The highest BCUT2D eigenvalue weighted by molar-refractivity contribution is 6.06. The summed E-state index contributed by atoms with van der Waals surface area (Å²) in [6.07, 6.45) is -3.67. The predicted octanol–water partition coefficient (Wildman–Crippen LogP) is 2.92. The van der Waals surface area contributed by atoms with E-state index in [9.17, 15) is 27.2 Å². The molecule has 1 aromatic rings. The van der Waals surface area contributed by atoms with Gasteiger partial charge in [0, 0.05) is 47.8 Å². The first kappa shape index (κ1) is 16.8. The summed E-state index contributed by atoms with van der Waals surface area (Å²) in [5, 5.41) is 5.78. The summed E-state index contributed by atoms with van der Waals surface area (Å²) in [5.41, 5.74) is 0.494. The number of carbonyl (C=O) groups excluding carboxylic acids is 2. The minimum absolute atomic E-state index is 0.0903. The predicted molar refractivity (Wildman–Crippen MR) is 83.2 cm³/mol. The Balaban J connectivity index is 1.91. The van der Waals surface area contributed by atoms with E-state index in [2.05, 4.69) is 10.6 Å². The molecule has 4 rings (SSSR count). The van der Waals surface area contributed by atoms with Crippen molar-refractivity contribution in [3.8, 4) is 0 Å². The number of hydrogen-bond donors (Lipinski definition) is 2. The first-order valence-electron chi connectivity index (χ1n) is 8.18. The van der Waals surface area contributed by atoms with Crippen molar-refractivity contribution in [1.82, 2.24) is 10.6 Å². The van der Waals surface area contributed by atoms with Crippen LogP contribution in [-0.4, -0.2) is 18.2 Å². The fourth-order valence-corrected chi connectivity index (χ4v) is 3.84. The number of ketones is 1. The third kappa shape index (κ3) is 2.51. The Morgan fingerprint density at radius 3 is 2.46 bits per heavy atom. The van der Waals surface area contributed by atoms with E-state index in [1.807, 2.05) is 0 Å². The van der Waals surface area contributed by atoms with Gasteiger partial charge in [-0.3, -0.25) is 9.59 Å². The van der Waals surface area contributed by atoms with Crippen LogP contribution in [0, 0.1) is 5.82 Å². The first-order valence-corrected chi connectivity index (χ1v) is 8.18. The molecule has 1 aliphatic carbocycles. The number of allylic oxidation sites excluding steroid dienone is 2. The number of hydrogen-bond acceptors (Lipinski definition) is 3. The Morgan fingerprint density at radius 2 is 1.73 bits per heavy atom. The molecular formula is C18H14F4N2O2. The fourth-order valence-electron chi connectivity index (χ4n) is 3.84. The van der Waals surface area contributed by atoms with Gasteiger partial charge in [-0.25, -0.2) is 4.39 Å². The molecule has 1 amide bonds. The van der Waals surface area contributed by atoms with Gasteiger partial charge in [-0.1, -0.05) is 6.07 Å². The van der Waals surface area contributed by atoms with Crippen molar-refractivity contribution in [3.63, 3.8) is 0 Å². The van der Waals surface area contributed by atoms with Crippen molar-refractivity contribution in [3.05, 3.63) is 57.7 Å². The van der Waals surface area contributed by atoms with Crippen molar-refractivity contribution >= 4 is 11.7 Å². The van der Waals surface area contributed by atoms with Gasteiger partial charge in [0.2, 0.25) is 5.91 Å². The van der Waals surface area contributed by atoms with Crippen molar-refractivity contribution in [2.75, 3.05) is 6.54 Å². The van der Waals surface area contributed by atoms with E-state index in [1.54, 1.807) is 0 Å². The second kappa shape index (κ2) is 5.69. The molecule has 1 atom stereocenters. The van der Waals surface area contributed by atoms with Crippen molar-refractivity contribution < 1.29 is 27.2 Å². The van der Waals surface area contributed by atoms with Crippen LogP contribution in [0.15, 0.2) is 40.7 Å². The Bertz CT molecular complexity index is 899. The standard InChI is InChI=1S/C18H14F4N2O2/c19-10-2-1-8(7-9(10)18(20,21)22)14-15-11(3-4-13(15)25)24-12-5-6-23-17(26)16(12)14/h1-2,7,14,24H,3-6H2,(H,23,26). The minimum atomic E-state index is -4.87. The molecule has 2 heterocycles. The Morgan fingerprint density at radius 1 is 1.00 bits per heavy atom. The molecule has 0 fully saturated rings. The number of carbonyl (C=O) groups is 2. The van der Waals surface area contributed by atoms with E-state index in [0.717, 1.165) is 6.07 Å². The van der Waals surface area contributed by atoms with Crippen molar-refractivity contribution in [1.29, 1.82) is 0 Å². The first-order chi connectivity index (χ1) is 12.3. The van der Waals surface area contributed by atoms with Gasteiger partial charge in [0.1, 0.15) is 5.82 Å². The Hall–Kier alpha value is -2.64. The summed E-state index contributed by atoms with van der Waals surface area (Å²) in [5.74, 6) is -2.93. The molecule has 0 aromatic heterocycles. The number of Topliss-reactive ketones (excluding diaryl/α,β-unsaturated/α-hetero) is 1. The van der Waals surface area contributed by atoms with Crippen molar-refractivity contribution in [2.24, 2.45) is 0 Å². The number of nitrogens with one attached hydrogen (secondary N) is 2. The number of amides is 1. The van der Waals surface area contributed by atoms with E-state index in [0.29, 0.717) is 42.4 Å². The van der Waals surface area contributed by atoms with Crippen molar-refractivity contribution in [2.45, 2.75) is 31.4 Å². The summed E-state index contributed by atoms with van der Waals surface area (Å²) in [6, 6.07) is 2.65. The normalized spacial score (nSPS) is 22.8. The number of benzene rings is 1. The second-order valence-corrected chi connectivity index (χ2v) is 6.51. The molecule has 8 heteroatoms. The lowest BCUT2D eigenvalue weighted by molar-refractivity contribution is -0.140. The van der Waals surface area contributed by atoms with Crippen LogP contribution in [0.4, 0.5) is 17.6 Å². The number of dihydropyridines is 1. The lowest BCUT2D eigenvalue weighted by Crippen LogP contribution is -2.40. The van der Waals surface area contributed by atoms with Gasteiger partial charge < -0.3 is 10.6 Å². The maximum Gasteiger partial charge on any atom is 0.419 e. The zero-order chi connectivity index (χ0) is 18.6. The third-order valence-electron chi connectivity index (χ3n) is 4.97. The topological polar surface area (TPSA) is 58.2 Å². The summed E-state index contributed by atoms with van der Waals surface area (Å²) in [4.78, 5) is 24.8. The van der Waals surface area contributed by atoms with Crippen LogP contribution < -0.4 is 10.6 Å². The summed E-state index contributed by atoms with van der Waals surface area (Å²) < 4.78 is 53.1. The average Bonchev–Trinajstić information content (AvgIpc) is 2.94. The van der Waals surface area contributed by atoms with Crippen LogP contribution in [0.5, 0.6) is 0 Å². The summed E-state index contributed by atoms with van der Waals surface area (Å²) in [7, 11) is 0. The smallest absolute Gasteiger partial charge is 0.361 e. The summed E-state index contributed by atoms with van der Waals surface area (Å²) in [6.45, 7) is 0.408. The maximum absolute atomic E-state index is 13.7. The minimum Gasteiger partial charge on any atom is -0.361 e. The summed E-state index contributed by atoms with van der Waals surface area (Å²) >= 11 is 0. The van der Waals surface area contributed by atoms with E-state index in [4.69, 9.17) is 0 Å². The zero-order valence-electron chi connectivity index (χ0n) is 13.5. The second-order valence-electron chi connectivity index (χ2n) is 6.51. The highest BCUT2D eigenvalue weighted by Crippen LogP contribution is 2.45. The molecule has 0 saturated carbocycles. The molecular weight excluding hydrogens is 352 g/mol. The molecule has 0 saturated heterocycles. The van der Waals surface area contributed by atoms with E-state index < -0.39 is 29.4 Å². The largest absolute Gasteiger partial charge is 0.419 e. The molecule has 26 heavy (non-hydrogen) atoms. The van der Waals surface area contributed by atoms with Gasteiger partial charge in [0.05, 0.1) is 5.56 Å². The van der Waals surface area contributed by atoms with Gasteiger partial charge >= 0.3 is 6.18 Å². The molecule has 0 spiro atoms. The fraction of sp³-hybridized carbons (Fsp3) is 0.333. The van der Waals surface area contributed by atoms with Gasteiger partial charge in [-0.15, -0.1) is 0 Å². The molecule has 136 valence electrons. The molecule has 0 bridgehead atoms. The molecule has 3 aliphatic rings. The van der Waals surface area contributed by atoms with Gasteiger partial charge in [0.15, 0.2) is 5.78 Å². The lowest BCUT2D eigenvalue weighted by atomic mass is 9.78. The lowest BCUT2D eigenvalue weighted by Gasteiger charge is -2.33. The third-order valence-corrected chi connectivity index (χ3v) is 4.97. The SMILES string of the molecule is O=C1CCC2=C1C(c1ccc(F)c(C(F)(F)F)c1)C1=C(CCNC1=O)N2.